The molecular weight excluding hydrogens is 546 g/mol. The van der Waals surface area contributed by atoms with E-state index < -0.39 is 0 Å². The lowest BCUT2D eigenvalue weighted by Gasteiger charge is -2.13. The molecule has 10 nitrogen and oxygen atoms in total. The third kappa shape index (κ3) is 5.19. The van der Waals surface area contributed by atoms with E-state index in [4.69, 9.17) is 28.7 Å². The molecule has 0 bridgehead atoms. The van der Waals surface area contributed by atoms with Gasteiger partial charge in [-0.3, -0.25) is 4.79 Å². The van der Waals surface area contributed by atoms with Crippen molar-refractivity contribution in [3.63, 3.8) is 0 Å². The maximum Gasteiger partial charge on any atom is 0.251 e. The lowest BCUT2D eigenvalue weighted by atomic mass is 9.95. The van der Waals surface area contributed by atoms with Crippen molar-refractivity contribution in [2.45, 2.75) is 20.8 Å². The normalized spacial score (nSPS) is 11.6. The van der Waals surface area contributed by atoms with E-state index in [1.165, 1.54) is 0 Å². The molecule has 3 aromatic heterocycles. The van der Waals surface area contributed by atoms with Crippen molar-refractivity contribution in [1.29, 1.82) is 0 Å². The predicted octanol–water partition coefficient (Wildman–Crippen LogP) is 5.91. The predicted molar refractivity (Wildman–Crippen MR) is 166 cm³/mol. The molecule has 43 heavy (non-hydrogen) atoms. The van der Waals surface area contributed by atoms with Gasteiger partial charge in [-0.05, 0) is 49.7 Å². The molecule has 3 aromatic carbocycles. The minimum absolute atomic E-state index is 0.161. The number of benzene rings is 3. The SMILES string of the molecule is COCCOCCNC(=O)c1ccc(-c2nc(C)nc3[nH]c4cc(-c5c(C)noc5C)c(OC)cc4c23)c2ccccc12. The maximum atomic E-state index is 13.2. The fraction of sp³-hybridized carbons (Fsp3) is 0.273. The van der Waals surface area contributed by atoms with E-state index >= 15 is 0 Å². The van der Waals surface area contributed by atoms with Crippen LogP contribution in [0.2, 0.25) is 0 Å². The van der Waals surface area contributed by atoms with E-state index in [1.807, 2.05) is 69.3 Å². The molecule has 0 atom stereocenters. The average Bonchev–Trinajstić information content (AvgIpc) is 3.54. The van der Waals surface area contributed by atoms with Gasteiger partial charge in [0.1, 0.15) is 23.0 Å². The molecule has 6 rings (SSSR count). The fourth-order valence-electron chi connectivity index (χ4n) is 5.64. The quantitative estimate of drug-likeness (QED) is 0.192. The maximum absolute atomic E-state index is 13.2. The van der Waals surface area contributed by atoms with Crippen molar-refractivity contribution in [1.82, 2.24) is 25.4 Å². The number of H-pyrrole nitrogens is 1. The summed E-state index contributed by atoms with van der Waals surface area (Å²) >= 11 is 0. The summed E-state index contributed by atoms with van der Waals surface area (Å²) in [6.45, 7) is 7.49. The van der Waals surface area contributed by atoms with Gasteiger partial charge in [-0.25, -0.2) is 9.97 Å². The van der Waals surface area contributed by atoms with Gasteiger partial charge in [-0.2, -0.15) is 0 Å². The largest absolute Gasteiger partial charge is 0.496 e. The van der Waals surface area contributed by atoms with E-state index in [9.17, 15) is 4.79 Å². The van der Waals surface area contributed by atoms with Crippen LogP contribution in [-0.2, 0) is 9.47 Å². The van der Waals surface area contributed by atoms with Crippen molar-refractivity contribution >= 4 is 38.6 Å². The van der Waals surface area contributed by atoms with Gasteiger partial charge in [0.05, 0.1) is 49.3 Å². The minimum Gasteiger partial charge on any atom is -0.496 e. The highest BCUT2D eigenvalue weighted by molar-refractivity contribution is 6.17. The molecule has 3 heterocycles. The summed E-state index contributed by atoms with van der Waals surface area (Å²) in [4.78, 5) is 26.4. The molecule has 0 aliphatic carbocycles. The number of fused-ring (bicyclic) bond motifs is 4. The Labute approximate surface area is 248 Å². The molecule has 2 N–H and O–H groups in total. The number of rotatable bonds is 10. The lowest BCUT2D eigenvalue weighted by molar-refractivity contribution is 0.0693. The van der Waals surface area contributed by atoms with Gasteiger partial charge in [0.2, 0.25) is 0 Å². The molecule has 0 unspecified atom stereocenters. The second-order valence-corrected chi connectivity index (χ2v) is 10.3. The molecule has 0 radical (unpaired) electrons. The smallest absolute Gasteiger partial charge is 0.251 e. The van der Waals surface area contributed by atoms with Gasteiger partial charge in [-0.1, -0.05) is 35.5 Å². The summed E-state index contributed by atoms with van der Waals surface area (Å²) in [5.41, 5.74) is 6.45. The summed E-state index contributed by atoms with van der Waals surface area (Å²) in [5.74, 6) is 1.88. The first-order valence-electron chi connectivity index (χ1n) is 14.1. The van der Waals surface area contributed by atoms with Crippen molar-refractivity contribution in [2.75, 3.05) is 40.6 Å². The Morgan fingerprint density at radius 1 is 0.930 bits per heavy atom. The first-order valence-corrected chi connectivity index (χ1v) is 14.1. The number of nitrogens with zero attached hydrogens (tertiary/aromatic N) is 3. The zero-order chi connectivity index (χ0) is 30.1. The molecule has 0 aliphatic heterocycles. The number of carbonyl (C=O) groups excluding carboxylic acids is 1. The Morgan fingerprint density at radius 2 is 1.74 bits per heavy atom. The van der Waals surface area contributed by atoms with Crippen LogP contribution < -0.4 is 10.1 Å². The number of aryl methyl sites for hydroxylation is 3. The molecule has 0 aliphatic rings. The standard InChI is InChI=1S/C33H33N5O5/c1-18-29(19(2)43-38-18)26-16-27-25(17-28(26)41-5)30-31(35-20(3)36-32(30)37-27)23-10-11-24(22-9-7-6-8-21(22)23)33(39)34-12-13-42-15-14-40-4/h6-11,16-17H,12-15H2,1-5H3,(H,34,39)(H,35,36,37). The van der Waals surface area contributed by atoms with Crippen LogP contribution in [0.5, 0.6) is 5.75 Å². The number of ether oxygens (including phenoxy) is 3. The number of aromatic amines is 1. The second-order valence-electron chi connectivity index (χ2n) is 10.3. The summed E-state index contributed by atoms with van der Waals surface area (Å²) in [7, 11) is 3.28. The summed E-state index contributed by atoms with van der Waals surface area (Å²) in [6, 6.07) is 15.8. The van der Waals surface area contributed by atoms with Crippen LogP contribution in [0.3, 0.4) is 0 Å². The molecule has 10 heteroatoms. The molecule has 0 spiro atoms. The summed E-state index contributed by atoms with van der Waals surface area (Å²) in [6.07, 6.45) is 0. The van der Waals surface area contributed by atoms with Crippen LogP contribution in [-0.4, -0.2) is 66.6 Å². The van der Waals surface area contributed by atoms with Gasteiger partial charge >= 0.3 is 0 Å². The molecular formula is C33H33N5O5. The third-order valence-corrected chi connectivity index (χ3v) is 7.57. The van der Waals surface area contributed by atoms with Gasteiger partial charge < -0.3 is 29.0 Å². The zero-order valence-electron chi connectivity index (χ0n) is 24.8. The number of nitrogens with one attached hydrogen (secondary N) is 2. The second kappa shape index (κ2) is 11.8. The highest BCUT2D eigenvalue weighted by Gasteiger charge is 2.22. The van der Waals surface area contributed by atoms with E-state index in [2.05, 4.69) is 15.5 Å². The van der Waals surface area contributed by atoms with Crippen LogP contribution in [0, 0.1) is 20.8 Å². The number of carbonyl (C=O) groups is 1. The van der Waals surface area contributed by atoms with Crippen LogP contribution in [0.4, 0.5) is 0 Å². The fourth-order valence-corrected chi connectivity index (χ4v) is 5.64. The Balaban J connectivity index is 1.47. The number of aromatic nitrogens is 4. The molecule has 6 aromatic rings. The van der Waals surface area contributed by atoms with Crippen molar-refractivity contribution < 1.29 is 23.5 Å². The topological polar surface area (TPSA) is 124 Å². The number of hydrogen-bond acceptors (Lipinski definition) is 8. The Bertz CT molecular complexity index is 1960. The van der Waals surface area contributed by atoms with Gasteiger partial charge in [0, 0.05) is 41.2 Å². The van der Waals surface area contributed by atoms with E-state index in [0.717, 1.165) is 66.5 Å². The molecule has 0 fully saturated rings. The van der Waals surface area contributed by atoms with Gasteiger partial charge in [0.25, 0.3) is 5.91 Å². The van der Waals surface area contributed by atoms with E-state index in [0.29, 0.717) is 43.5 Å². The van der Waals surface area contributed by atoms with Crippen LogP contribution >= 0.6 is 0 Å². The number of methoxy groups -OCH3 is 2. The average molecular weight is 580 g/mol. The molecule has 1 amide bonds. The molecule has 0 saturated heterocycles. The van der Waals surface area contributed by atoms with E-state index in [1.54, 1.807) is 14.2 Å². The van der Waals surface area contributed by atoms with Crippen LogP contribution in [0.15, 0.2) is 53.1 Å². The Hall–Kier alpha value is -4.80. The molecule has 220 valence electrons. The minimum atomic E-state index is -0.161. The Morgan fingerprint density at radius 3 is 2.49 bits per heavy atom. The number of amides is 1. The van der Waals surface area contributed by atoms with Crippen LogP contribution in [0.1, 0.15) is 27.6 Å². The first-order chi connectivity index (χ1) is 20.9. The van der Waals surface area contributed by atoms with Crippen molar-refractivity contribution in [3.8, 4) is 28.1 Å². The Kier molecular flexibility index (Phi) is 7.79. The van der Waals surface area contributed by atoms with Gasteiger partial charge in [0.15, 0.2) is 0 Å². The van der Waals surface area contributed by atoms with Gasteiger partial charge in [-0.15, -0.1) is 0 Å². The van der Waals surface area contributed by atoms with Crippen LogP contribution in [0.25, 0.3) is 55.1 Å². The van der Waals surface area contributed by atoms with E-state index in [-0.39, 0.29) is 5.91 Å². The third-order valence-electron chi connectivity index (χ3n) is 7.57. The number of hydrogen-bond donors (Lipinski definition) is 2. The van der Waals surface area contributed by atoms with Crippen molar-refractivity contribution in [3.05, 3.63) is 71.4 Å². The monoisotopic (exact) mass is 579 g/mol. The molecule has 0 saturated carbocycles. The first kappa shape index (κ1) is 28.3. The lowest BCUT2D eigenvalue weighted by Crippen LogP contribution is -2.27. The highest BCUT2D eigenvalue weighted by Crippen LogP contribution is 2.42. The van der Waals surface area contributed by atoms with Crippen molar-refractivity contribution in [2.24, 2.45) is 0 Å². The summed E-state index contributed by atoms with van der Waals surface area (Å²) < 4.78 is 21.8. The highest BCUT2D eigenvalue weighted by atomic mass is 16.5. The summed E-state index contributed by atoms with van der Waals surface area (Å²) in [5, 5.41) is 10.6. The zero-order valence-corrected chi connectivity index (χ0v) is 24.8.